The van der Waals surface area contributed by atoms with Crippen LogP contribution in [-0.2, 0) is 6.18 Å². The van der Waals surface area contributed by atoms with Gasteiger partial charge in [0.1, 0.15) is 0 Å². The molecule has 0 aliphatic carbocycles. The Balaban J connectivity index is 1.57. The molecule has 1 aliphatic rings. The molecule has 2 heterocycles. The van der Waals surface area contributed by atoms with Crippen LogP contribution in [0.5, 0.6) is 0 Å². The van der Waals surface area contributed by atoms with Gasteiger partial charge in [0.05, 0.1) is 29.8 Å². The molecule has 1 fully saturated rings. The molecule has 0 radical (unpaired) electrons. The molecule has 2 aromatic carbocycles. The highest BCUT2D eigenvalue weighted by Gasteiger charge is 2.36. The van der Waals surface area contributed by atoms with Gasteiger partial charge in [0.15, 0.2) is 17.8 Å². The van der Waals surface area contributed by atoms with Gasteiger partial charge in [0.25, 0.3) is 5.91 Å². The summed E-state index contributed by atoms with van der Waals surface area (Å²) < 4.78 is 45.6. The van der Waals surface area contributed by atoms with Gasteiger partial charge >= 0.3 is 6.18 Å². The first-order chi connectivity index (χ1) is 16.2. The Morgan fingerprint density at radius 3 is 2.74 bits per heavy atom. The maximum atomic E-state index is 13.4. The Bertz CT molecular complexity index is 1250. The first kappa shape index (κ1) is 23.3. The first-order valence-corrected chi connectivity index (χ1v) is 10.5. The molecule has 1 N–H and O–H groups in total. The van der Waals surface area contributed by atoms with Gasteiger partial charge in [-0.25, -0.2) is 4.98 Å². The van der Waals surface area contributed by atoms with Crippen LogP contribution in [0, 0.1) is 18.3 Å². The van der Waals surface area contributed by atoms with Crippen molar-refractivity contribution in [3.8, 4) is 17.4 Å². The summed E-state index contributed by atoms with van der Waals surface area (Å²) in [7, 11) is 0. The molecule has 1 unspecified atom stereocenters. The fourth-order valence-electron chi connectivity index (χ4n) is 4.10. The third-order valence-electron chi connectivity index (χ3n) is 5.80. The third-order valence-corrected chi connectivity index (χ3v) is 5.80. The summed E-state index contributed by atoms with van der Waals surface area (Å²) in [5.41, 5.74) is 0.566. The summed E-state index contributed by atoms with van der Waals surface area (Å²) in [4.78, 5) is 20.5. The number of aromatic nitrogens is 1. The summed E-state index contributed by atoms with van der Waals surface area (Å²) in [6.45, 7) is 2.04. The minimum absolute atomic E-state index is 0.107. The van der Waals surface area contributed by atoms with Crippen molar-refractivity contribution >= 4 is 11.6 Å². The molecule has 0 spiro atoms. The Kier molecular flexibility index (Phi) is 6.30. The van der Waals surface area contributed by atoms with Crippen LogP contribution in [0.3, 0.4) is 0 Å². The number of hydrogen-bond acceptors (Lipinski definition) is 6. The predicted molar refractivity (Wildman–Crippen MR) is 117 cm³/mol. The van der Waals surface area contributed by atoms with Crippen molar-refractivity contribution in [1.82, 2.24) is 9.88 Å². The van der Waals surface area contributed by atoms with Gasteiger partial charge in [-0.15, -0.1) is 0 Å². The van der Waals surface area contributed by atoms with Crippen LogP contribution in [-0.4, -0.2) is 53.2 Å². The standard InChI is InChI=1S/C24H21F3N4O3/c1-15-3-2-4-16(9-15)22-21(29-14-34-22)23(33)31-8-7-30(12-19(31)13-32)18-6-5-17(11-28)20(10-18)24(25,26)27/h2-6,9-10,14,19,32H,7-8,12-13H2,1H3. The summed E-state index contributed by atoms with van der Waals surface area (Å²) >= 11 is 0. The van der Waals surface area contributed by atoms with E-state index in [0.29, 0.717) is 11.3 Å². The fourth-order valence-corrected chi connectivity index (χ4v) is 4.10. The number of nitriles is 1. The molecule has 1 aromatic heterocycles. The average Bonchev–Trinajstić information content (AvgIpc) is 3.32. The van der Waals surface area contributed by atoms with Gasteiger partial charge in [-0.2, -0.15) is 18.4 Å². The number of aliphatic hydroxyl groups is 1. The number of aryl methyl sites for hydroxylation is 1. The fraction of sp³-hybridized carbons (Fsp3) is 0.292. The predicted octanol–water partition coefficient (Wildman–Crippen LogP) is 3.86. The second kappa shape index (κ2) is 9.19. The Morgan fingerprint density at radius 2 is 2.06 bits per heavy atom. The Labute approximate surface area is 193 Å². The highest BCUT2D eigenvalue weighted by Crippen LogP contribution is 2.35. The summed E-state index contributed by atoms with van der Waals surface area (Å²) in [5.74, 6) is -0.116. The second-order valence-corrected chi connectivity index (χ2v) is 8.02. The smallest absolute Gasteiger partial charge is 0.417 e. The van der Waals surface area contributed by atoms with E-state index in [0.717, 1.165) is 17.7 Å². The zero-order chi connectivity index (χ0) is 24.5. The topological polar surface area (TPSA) is 93.6 Å². The monoisotopic (exact) mass is 470 g/mol. The lowest BCUT2D eigenvalue weighted by molar-refractivity contribution is -0.137. The van der Waals surface area contributed by atoms with Crippen LogP contribution in [0.25, 0.3) is 11.3 Å². The van der Waals surface area contributed by atoms with Crippen molar-refractivity contribution in [1.29, 1.82) is 5.26 Å². The number of oxazole rings is 1. The molecule has 7 nitrogen and oxygen atoms in total. The lowest BCUT2D eigenvalue weighted by Crippen LogP contribution is -2.57. The van der Waals surface area contributed by atoms with Crippen LogP contribution in [0.1, 0.15) is 27.2 Å². The van der Waals surface area contributed by atoms with Gasteiger partial charge in [0.2, 0.25) is 0 Å². The molecular formula is C24H21F3N4O3. The number of piperazine rings is 1. The van der Waals surface area contributed by atoms with Crippen molar-refractivity contribution < 1.29 is 27.5 Å². The van der Waals surface area contributed by atoms with E-state index in [9.17, 15) is 23.1 Å². The molecule has 4 rings (SSSR count). The van der Waals surface area contributed by atoms with Crippen LogP contribution >= 0.6 is 0 Å². The van der Waals surface area contributed by atoms with Crippen molar-refractivity contribution in [2.45, 2.75) is 19.1 Å². The number of aliphatic hydroxyl groups excluding tert-OH is 1. The minimum Gasteiger partial charge on any atom is -0.443 e. The summed E-state index contributed by atoms with van der Waals surface area (Å²) in [6.07, 6.45) is -3.49. The molecule has 1 aliphatic heterocycles. The normalized spacial score (nSPS) is 16.4. The van der Waals surface area contributed by atoms with Crippen LogP contribution in [0.4, 0.5) is 18.9 Å². The highest BCUT2D eigenvalue weighted by atomic mass is 19.4. The molecule has 1 atom stereocenters. The number of carbonyl (C=O) groups is 1. The minimum atomic E-state index is -4.67. The van der Waals surface area contributed by atoms with Crippen molar-refractivity contribution in [3.63, 3.8) is 0 Å². The van der Waals surface area contributed by atoms with E-state index in [1.165, 1.54) is 17.4 Å². The van der Waals surface area contributed by atoms with E-state index in [1.54, 1.807) is 17.0 Å². The summed E-state index contributed by atoms with van der Waals surface area (Å²) in [5, 5.41) is 19.0. The molecule has 3 aromatic rings. The van der Waals surface area contributed by atoms with Crippen LogP contribution in [0.2, 0.25) is 0 Å². The van der Waals surface area contributed by atoms with E-state index in [-0.39, 0.29) is 37.6 Å². The van der Waals surface area contributed by atoms with E-state index >= 15 is 0 Å². The Hall–Kier alpha value is -3.84. The number of nitrogens with zero attached hydrogens (tertiary/aromatic N) is 4. The van der Waals surface area contributed by atoms with Crippen LogP contribution < -0.4 is 4.90 Å². The molecule has 176 valence electrons. The number of rotatable bonds is 4. The van der Waals surface area contributed by atoms with Gasteiger partial charge in [0, 0.05) is 30.9 Å². The zero-order valence-electron chi connectivity index (χ0n) is 18.2. The lowest BCUT2D eigenvalue weighted by atomic mass is 10.0. The molecular weight excluding hydrogens is 449 g/mol. The van der Waals surface area contributed by atoms with E-state index in [2.05, 4.69) is 4.98 Å². The van der Waals surface area contributed by atoms with E-state index < -0.39 is 29.3 Å². The second-order valence-electron chi connectivity index (χ2n) is 8.02. The van der Waals surface area contributed by atoms with Crippen molar-refractivity contribution in [2.24, 2.45) is 0 Å². The number of benzene rings is 2. The number of anilines is 1. The Morgan fingerprint density at radius 1 is 1.26 bits per heavy atom. The van der Waals surface area contributed by atoms with Crippen molar-refractivity contribution in [2.75, 3.05) is 31.1 Å². The number of carbonyl (C=O) groups excluding carboxylic acids is 1. The quantitative estimate of drug-likeness (QED) is 0.623. The molecule has 1 saturated heterocycles. The molecule has 1 amide bonds. The lowest BCUT2D eigenvalue weighted by Gasteiger charge is -2.41. The van der Waals surface area contributed by atoms with Crippen LogP contribution in [0.15, 0.2) is 53.3 Å². The maximum absolute atomic E-state index is 13.4. The van der Waals surface area contributed by atoms with Gasteiger partial charge < -0.3 is 19.3 Å². The molecule has 0 saturated carbocycles. The number of hydrogen-bond donors (Lipinski definition) is 1. The maximum Gasteiger partial charge on any atom is 0.417 e. The zero-order valence-corrected chi connectivity index (χ0v) is 18.2. The van der Waals surface area contributed by atoms with Gasteiger partial charge in [-0.1, -0.05) is 23.8 Å². The molecule has 10 heteroatoms. The van der Waals surface area contributed by atoms with E-state index in [1.807, 2.05) is 25.1 Å². The molecule has 34 heavy (non-hydrogen) atoms. The van der Waals surface area contributed by atoms with Crippen molar-refractivity contribution in [3.05, 3.63) is 71.2 Å². The number of alkyl halides is 3. The number of amides is 1. The number of halogens is 3. The van der Waals surface area contributed by atoms with Gasteiger partial charge in [-0.3, -0.25) is 4.79 Å². The third kappa shape index (κ3) is 4.47. The highest BCUT2D eigenvalue weighted by molar-refractivity contribution is 5.98. The van der Waals surface area contributed by atoms with Gasteiger partial charge in [-0.05, 0) is 31.2 Å². The largest absolute Gasteiger partial charge is 0.443 e. The summed E-state index contributed by atoms with van der Waals surface area (Å²) in [6, 6.07) is 11.8. The SMILES string of the molecule is Cc1cccc(-c2ocnc2C(=O)N2CCN(c3ccc(C#N)c(C(F)(F)F)c3)CC2CO)c1. The average molecular weight is 470 g/mol. The van der Waals surface area contributed by atoms with E-state index in [4.69, 9.17) is 9.68 Å². The first-order valence-electron chi connectivity index (χ1n) is 10.5. The molecule has 0 bridgehead atoms.